The van der Waals surface area contributed by atoms with Crippen LogP contribution in [0.5, 0.6) is 0 Å². The lowest BCUT2D eigenvalue weighted by Crippen LogP contribution is -2.52. The van der Waals surface area contributed by atoms with Crippen molar-refractivity contribution in [2.45, 2.75) is 26.4 Å². The molecule has 1 fully saturated rings. The van der Waals surface area contributed by atoms with Gasteiger partial charge in [-0.1, -0.05) is 0 Å². The van der Waals surface area contributed by atoms with Crippen LogP contribution in [0.4, 0.5) is 4.79 Å². The lowest BCUT2D eigenvalue weighted by atomic mass is 10.2. The predicted molar refractivity (Wildman–Crippen MR) is 88.8 cm³/mol. The Kier molecular flexibility index (Phi) is 5.89. The molecule has 9 heteroatoms. The number of nitrogens with zero attached hydrogens (tertiary/aromatic N) is 4. The number of alkyl carbamates (subject to hydrolysis) is 1. The summed E-state index contributed by atoms with van der Waals surface area (Å²) in [6.45, 7) is 6.75. The zero-order chi connectivity index (χ0) is 18.4. The Morgan fingerprint density at radius 1 is 1.12 bits per heavy atom. The third-order valence-electron chi connectivity index (χ3n) is 3.48. The number of ether oxygens (including phenoxy) is 1. The average molecular weight is 349 g/mol. The second kappa shape index (κ2) is 7.91. The molecule has 1 N–H and O–H groups in total. The van der Waals surface area contributed by atoms with Crippen molar-refractivity contribution in [2.24, 2.45) is 0 Å². The Bertz CT molecular complexity index is 621. The molecule has 1 aliphatic heterocycles. The molecule has 2 rings (SSSR count). The highest BCUT2D eigenvalue weighted by Gasteiger charge is 2.26. The van der Waals surface area contributed by atoms with Crippen molar-refractivity contribution in [3.05, 3.63) is 24.3 Å². The third-order valence-corrected chi connectivity index (χ3v) is 3.48. The molecular formula is C16H23N5O4. The van der Waals surface area contributed by atoms with Gasteiger partial charge in [-0.25, -0.2) is 9.78 Å². The summed E-state index contributed by atoms with van der Waals surface area (Å²) in [4.78, 5) is 47.1. The summed E-state index contributed by atoms with van der Waals surface area (Å²) in [5.41, 5.74) is -0.326. The van der Waals surface area contributed by atoms with Crippen molar-refractivity contribution < 1.29 is 19.1 Å². The van der Waals surface area contributed by atoms with Gasteiger partial charge in [0.15, 0.2) is 0 Å². The van der Waals surface area contributed by atoms with E-state index >= 15 is 0 Å². The molecule has 0 unspecified atom stereocenters. The van der Waals surface area contributed by atoms with Crippen molar-refractivity contribution in [1.82, 2.24) is 25.1 Å². The highest BCUT2D eigenvalue weighted by Crippen LogP contribution is 2.08. The summed E-state index contributed by atoms with van der Waals surface area (Å²) in [5, 5.41) is 2.44. The second-order valence-corrected chi connectivity index (χ2v) is 6.62. The van der Waals surface area contributed by atoms with Gasteiger partial charge in [-0.15, -0.1) is 0 Å². The quantitative estimate of drug-likeness (QED) is 0.841. The molecule has 1 aromatic heterocycles. The van der Waals surface area contributed by atoms with Crippen LogP contribution in [0.25, 0.3) is 0 Å². The zero-order valence-corrected chi connectivity index (χ0v) is 14.7. The summed E-state index contributed by atoms with van der Waals surface area (Å²) in [6.07, 6.45) is 3.77. The van der Waals surface area contributed by atoms with E-state index in [1.54, 1.807) is 30.6 Å². The lowest BCUT2D eigenvalue weighted by molar-refractivity contribution is -0.131. The van der Waals surface area contributed by atoms with Crippen molar-refractivity contribution in [3.8, 4) is 0 Å². The largest absolute Gasteiger partial charge is 0.444 e. The molecule has 1 aromatic rings. The topological polar surface area (TPSA) is 105 Å². The molecule has 1 saturated heterocycles. The first-order valence-corrected chi connectivity index (χ1v) is 8.06. The number of hydrogen-bond donors (Lipinski definition) is 1. The van der Waals surface area contributed by atoms with E-state index in [0.29, 0.717) is 26.2 Å². The fourth-order valence-electron chi connectivity index (χ4n) is 2.30. The van der Waals surface area contributed by atoms with E-state index in [2.05, 4.69) is 15.3 Å². The predicted octanol–water partition coefficient (Wildman–Crippen LogP) is 0.286. The SMILES string of the molecule is CC(C)(C)OC(=O)NCC(=O)N1CCN(C(=O)c2cnccn2)CC1. The molecule has 0 spiro atoms. The number of hydrogen-bond acceptors (Lipinski definition) is 6. The van der Waals surface area contributed by atoms with Gasteiger partial charge in [0.1, 0.15) is 17.8 Å². The van der Waals surface area contributed by atoms with Gasteiger partial charge in [0.05, 0.1) is 6.20 Å². The molecule has 0 bridgehead atoms. The first-order chi connectivity index (χ1) is 11.8. The normalized spacial score (nSPS) is 14.8. The van der Waals surface area contributed by atoms with Crippen LogP contribution in [0.3, 0.4) is 0 Å². The van der Waals surface area contributed by atoms with E-state index in [4.69, 9.17) is 4.74 Å². The smallest absolute Gasteiger partial charge is 0.408 e. The van der Waals surface area contributed by atoms with Crippen LogP contribution in [-0.2, 0) is 9.53 Å². The Morgan fingerprint density at radius 2 is 1.76 bits per heavy atom. The molecule has 0 atom stereocenters. The van der Waals surface area contributed by atoms with Gasteiger partial charge in [-0.3, -0.25) is 14.6 Å². The standard InChI is InChI=1S/C16H23N5O4/c1-16(2,3)25-15(24)19-11-13(22)20-6-8-21(9-7-20)14(23)12-10-17-4-5-18-12/h4-5,10H,6-9,11H2,1-3H3,(H,19,24). The van der Waals surface area contributed by atoms with E-state index in [9.17, 15) is 14.4 Å². The molecule has 0 aromatic carbocycles. The molecule has 0 saturated carbocycles. The fourth-order valence-corrected chi connectivity index (χ4v) is 2.30. The van der Waals surface area contributed by atoms with Crippen LogP contribution >= 0.6 is 0 Å². The molecule has 3 amide bonds. The number of piperazine rings is 1. The van der Waals surface area contributed by atoms with E-state index in [0.717, 1.165) is 0 Å². The maximum Gasteiger partial charge on any atom is 0.408 e. The average Bonchev–Trinajstić information content (AvgIpc) is 2.58. The fraction of sp³-hybridized carbons (Fsp3) is 0.562. The summed E-state index contributed by atoms with van der Waals surface area (Å²) in [6, 6.07) is 0. The minimum Gasteiger partial charge on any atom is -0.444 e. The maximum atomic E-state index is 12.3. The highest BCUT2D eigenvalue weighted by atomic mass is 16.6. The molecule has 2 heterocycles. The van der Waals surface area contributed by atoms with Crippen LogP contribution in [0.15, 0.2) is 18.6 Å². The van der Waals surface area contributed by atoms with Crippen molar-refractivity contribution in [1.29, 1.82) is 0 Å². The molecule has 0 aliphatic carbocycles. The molecule has 9 nitrogen and oxygen atoms in total. The van der Waals surface area contributed by atoms with Gasteiger partial charge in [0.2, 0.25) is 5.91 Å². The molecule has 1 aliphatic rings. The summed E-state index contributed by atoms with van der Waals surface area (Å²) in [7, 11) is 0. The van der Waals surface area contributed by atoms with Gasteiger partial charge in [-0.2, -0.15) is 0 Å². The molecular weight excluding hydrogens is 326 g/mol. The van der Waals surface area contributed by atoms with Crippen molar-refractivity contribution in [2.75, 3.05) is 32.7 Å². The number of carbonyl (C=O) groups is 3. The Balaban J connectivity index is 1.77. The highest BCUT2D eigenvalue weighted by molar-refractivity contribution is 5.92. The second-order valence-electron chi connectivity index (χ2n) is 6.62. The minimum absolute atomic E-state index is 0.132. The van der Waals surface area contributed by atoms with Crippen LogP contribution < -0.4 is 5.32 Å². The van der Waals surface area contributed by atoms with Crippen LogP contribution in [0, 0.1) is 0 Å². The van der Waals surface area contributed by atoms with Gasteiger partial charge >= 0.3 is 6.09 Å². The van der Waals surface area contributed by atoms with Crippen molar-refractivity contribution in [3.63, 3.8) is 0 Å². The lowest BCUT2D eigenvalue weighted by Gasteiger charge is -2.34. The maximum absolute atomic E-state index is 12.3. The first kappa shape index (κ1) is 18.6. The van der Waals surface area contributed by atoms with E-state index in [-0.39, 0.29) is 24.1 Å². The van der Waals surface area contributed by atoms with Crippen LogP contribution in [0.2, 0.25) is 0 Å². The van der Waals surface area contributed by atoms with Crippen LogP contribution in [-0.4, -0.2) is 76.0 Å². The van der Waals surface area contributed by atoms with E-state index in [1.807, 2.05) is 0 Å². The third kappa shape index (κ3) is 5.70. The van der Waals surface area contributed by atoms with Crippen molar-refractivity contribution >= 4 is 17.9 Å². The molecule has 0 radical (unpaired) electrons. The first-order valence-electron chi connectivity index (χ1n) is 8.06. The number of amides is 3. The zero-order valence-electron chi connectivity index (χ0n) is 14.7. The Labute approximate surface area is 146 Å². The molecule has 136 valence electrons. The summed E-state index contributed by atoms with van der Waals surface area (Å²) in [5.74, 6) is -0.412. The minimum atomic E-state index is -0.627. The van der Waals surface area contributed by atoms with Crippen LogP contribution in [0.1, 0.15) is 31.3 Å². The van der Waals surface area contributed by atoms with E-state index in [1.165, 1.54) is 18.6 Å². The monoisotopic (exact) mass is 349 g/mol. The van der Waals surface area contributed by atoms with Gasteiger partial charge in [0, 0.05) is 38.6 Å². The van der Waals surface area contributed by atoms with Gasteiger partial charge in [-0.05, 0) is 20.8 Å². The number of aromatic nitrogens is 2. The Hall–Kier alpha value is -2.71. The number of nitrogens with one attached hydrogen (secondary N) is 1. The Morgan fingerprint density at radius 3 is 2.32 bits per heavy atom. The van der Waals surface area contributed by atoms with Gasteiger partial charge < -0.3 is 19.9 Å². The number of rotatable bonds is 3. The summed E-state index contributed by atoms with van der Waals surface area (Å²) >= 11 is 0. The van der Waals surface area contributed by atoms with Gasteiger partial charge in [0.25, 0.3) is 5.91 Å². The summed E-state index contributed by atoms with van der Waals surface area (Å²) < 4.78 is 5.09. The number of carbonyl (C=O) groups excluding carboxylic acids is 3. The molecule has 25 heavy (non-hydrogen) atoms. The van der Waals surface area contributed by atoms with E-state index < -0.39 is 11.7 Å².